The molecule has 4 amide bonds. The van der Waals surface area contributed by atoms with E-state index in [1.54, 1.807) is 39.8 Å². The summed E-state index contributed by atoms with van der Waals surface area (Å²) >= 11 is 0. The molecule has 51 heavy (non-hydrogen) atoms. The van der Waals surface area contributed by atoms with Crippen molar-refractivity contribution in [2.24, 2.45) is 0 Å². The molecule has 3 rings (SSSR count). The van der Waals surface area contributed by atoms with Gasteiger partial charge < -0.3 is 29.5 Å². The number of carboxylic acids is 1. The SMILES string of the molecule is CCC(OC(C)=O)C(C(=O)O)N(C(=O)C1CCC(C(=O)[C@H](NC(=O)OC(C)(C)C)[C@@H](C)OC(C)=O)N1)C(=O)N1CCCC1Cc1ccc(F)cc1. The summed E-state index contributed by atoms with van der Waals surface area (Å²) in [6.45, 7) is 10.3. The molecule has 0 aromatic heterocycles. The summed E-state index contributed by atoms with van der Waals surface area (Å²) < 4.78 is 29.4. The molecule has 0 radical (unpaired) electrons. The van der Waals surface area contributed by atoms with Gasteiger partial charge in [0.25, 0.3) is 0 Å². The predicted molar refractivity (Wildman–Crippen MR) is 179 cm³/mol. The van der Waals surface area contributed by atoms with Gasteiger partial charge in [0.05, 0.1) is 12.1 Å². The Morgan fingerprint density at radius 3 is 2.16 bits per heavy atom. The van der Waals surface area contributed by atoms with E-state index in [4.69, 9.17) is 14.2 Å². The molecule has 0 spiro atoms. The number of carbonyl (C=O) groups excluding carboxylic acids is 6. The van der Waals surface area contributed by atoms with Gasteiger partial charge in [-0.1, -0.05) is 19.1 Å². The number of ether oxygens (including phenoxy) is 3. The molecule has 282 valence electrons. The summed E-state index contributed by atoms with van der Waals surface area (Å²) in [5.41, 5.74) is -0.172. The van der Waals surface area contributed by atoms with Gasteiger partial charge in [-0.2, -0.15) is 0 Å². The number of halogens is 1. The topological polar surface area (TPSA) is 198 Å². The zero-order valence-corrected chi connectivity index (χ0v) is 30.1. The molecule has 2 aliphatic heterocycles. The van der Waals surface area contributed by atoms with Crippen LogP contribution in [0.15, 0.2) is 24.3 Å². The van der Waals surface area contributed by atoms with Gasteiger partial charge in [-0.05, 0) is 83.9 Å². The average molecular weight is 721 g/mol. The number of esters is 2. The highest BCUT2D eigenvalue weighted by atomic mass is 19.1. The van der Waals surface area contributed by atoms with E-state index in [1.165, 1.54) is 24.0 Å². The maximum absolute atomic E-state index is 14.4. The van der Waals surface area contributed by atoms with Crippen LogP contribution in [0.25, 0.3) is 0 Å². The van der Waals surface area contributed by atoms with E-state index in [0.29, 0.717) is 24.2 Å². The van der Waals surface area contributed by atoms with Crippen LogP contribution in [0, 0.1) is 5.82 Å². The Kier molecular flexibility index (Phi) is 14.1. The highest BCUT2D eigenvalue weighted by Crippen LogP contribution is 2.28. The number of nitrogens with one attached hydrogen (secondary N) is 2. The molecule has 0 bridgehead atoms. The number of alkyl carbamates (subject to hydrolysis) is 1. The number of ketones is 1. The van der Waals surface area contributed by atoms with Gasteiger partial charge in [-0.15, -0.1) is 0 Å². The zero-order chi connectivity index (χ0) is 38.2. The lowest BCUT2D eigenvalue weighted by molar-refractivity contribution is -0.162. The van der Waals surface area contributed by atoms with Crippen LogP contribution in [0.2, 0.25) is 0 Å². The second-order valence-electron chi connectivity index (χ2n) is 13.8. The van der Waals surface area contributed by atoms with E-state index >= 15 is 0 Å². The van der Waals surface area contributed by atoms with Crippen LogP contribution in [0.1, 0.15) is 86.1 Å². The van der Waals surface area contributed by atoms with Crippen LogP contribution in [-0.4, -0.2) is 111 Å². The molecular formula is C35H49FN4O11. The van der Waals surface area contributed by atoms with Gasteiger partial charge in [-0.25, -0.2) is 23.7 Å². The average Bonchev–Trinajstić information content (AvgIpc) is 3.71. The second-order valence-corrected chi connectivity index (χ2v) is 13.8. The normalized spacial score (nSPS) is 21.1. The summed E-state index contributed by atoms with van der Waals surface area (Å²) in [4.78, 5) is 93.7. The lowest BCUT2D eigenvalue weighted by Gasteiger charge is -2.37. The van der Waals surface area contributed by atoms with Gasteiger partial charge in [-0.3, -0.25) is 24.5 Å². The van der Waals surface area contributed by atoms with Crippen molar-refractivity contribution in [1.29, 1.82) is 0 Å². The van der Waals surface area contributed by atoms with Crippen molar-refractivity contribution in [3.05, 3.63) is 35.6 Å². The molecule has 3 N–H and O–H groups in total. The number of amides is 4. The third kappa shape index (κ3) is 11.2. The molecule has 16 heteroatoms. The molecule has 15 nitrogen and oxygen atoms in total. The molecule has 2 heterocycles. The number of carboxylic acid groups (broad SMARTS) is 1. The Bertz CT molecular complexity index is 1460. The Balaban J connectivity index is 1.94. The van der Waals surface area contributed by atoms with Crippen molar-refractivity contribution in [2.45, 2.75) is 135 Å². The van der Waals surface area contributed by atoms with Crippen LogP contribution in [-0.2, 0) is 44.6 Å². The molecule has 2 fully saturated rings. The smallest absolute Gasteiger partial charge is 0.408 e. The minimum atomic E-state index is -1.91. The number of aliphatic carboxylic acids is 1. The summed E-state index contributed by atoms with van der Waals surface area (Å²) in [6.07, 6.45) is -2.05. The van der Waals surface area contributed by atoms with Crippen LogP contribution >= 0.6 is 0 Å². The van der Waals surface area contributed by atoms with E-state index < -0.39 is 95.6 Å². The molecule has 2 aliphatic rings. The van der Waals surface area contributed by atoms with E-state index in [2.05, 4.69) is 10.6 Å². The van der Waals surface area contributed by atoms with Crippen LogP contribution in [0.4, 0.5) is 14.0 Å². The van der Waals surface area contributed by atoms with Gasteiger partial charge in [0.1, 0.15) is 29.7 Å². The molecule has 5 unspecified atom stereocenters. The Hall–Kier alpha value is -4.60. The van der Waals surface area contributed by atoms with Crippen molar-refractivity contribution in [3.8, 4) is 0 Å². The maximum atomic E-state index is 14.4. The molecule has 2 saturated heterocycles. The number of hydrogen-bond acceptors (Lipinski definition) is 11. The Labute approximate surface area is 296 Å². The van der Waals surface area contributed by atoms with E-state index in [1.807, 2.05) is 0 Å². The van der Waals surface area contributed by atoms with Crippen molar-refractivity contribution in [3.63, 3.8) is 0 Å². The molecule has 0 saturated carbocycles. The first-order chi connectivity index (χ1) is 23.8. The zero-order valence-electron chi connectivity index (χ0n) is 30.1. The number of benzene rings is 1. The molecular weight excluding hydrogens is 671 g/mol. The Morgan fingerprint density at radius 2 is 1.61 bits per heavy atom. The molecule has 1 aromatic rings. The Morgan fingerprint density at radius 1 is 1.00 bits per heavy atom. The number of rotatable bonds is 13. The first-order valence-corrected chi connectivity index (χ1v) is 17.1. The number of likely N-dealkylation sites (tertiary alicyclic amines) is 1. The van der Waals surface area contributed by atoms with Gasteiger partial charge >= 0.3 is 30.0 Å². The fourth-order valence-corrected chi connectivity index (χ4v) is 6.43. The molecule has 7 atom stereocenters. The minimum absolute atomic E-state index is 0.00414. The summed E-state index contributed by atoms with van der Waals surface area (Å²) in [6, 6.07) is -1.21. The lowest BCUT2D eigenvalue weighted by Crippen LogP contribution is -2.63. The molecule has 0 aliphatic carbocycles. The lowest BCUT2D eigenvalue weighted by atomic mass is 9.99. The van der Waals surface area contributed by atoms with Crippen LogP contribution in [0.5, 0.6) is 0 Å². The van der Waals surface area contributed by atoms with E-state index in [-0.39, 0.29) is 25.8 Å². The first-order valence-electron chi connectivity index (χ1n) is 17.1. The standard InChI is InChI=1S/C35H49FN4O11/c1-8-27(50-21(4)42)29(32(45)46)40(34(48)39-17-9-10-24(39)18-22-11-13-23(36)14-12-22)31(44)26-16-15-25(37-26)30(43)28(19(2)49-20(3)41)38-33(47)51-35(5,6)7/h11-14,19,24-29,37H,8-10,15-18H2,1-7H3,(H,38,47)(H,45,46)/t19-,24?,25?,26?,27?,28-,29?/m1/s1. The fraction of sp³-hybridized carbons (Fsp3) is 0.629. The fourth-order valence-electron chi connectivity index (χ4n) is 6.43. The van der Waals surface area contributed by atoms with E-state index in [9.17, 15) is 43.1 Å². The number of nitrogens with zero attached hydrogens (tertiary/aromatic N) is 2. The summed E-state index contributed by atoms with van der Waals surface area (Å²) in [7, 11) is 0. The van der Waals surface area contributed by atoms with Crippen molar-refractivity contribution >= 4 is 41.7 Å². The van der Waals surface area contributed by atoms with Crippen LogP contribution in [0.3, 0.4) is 0 Å². The first kappa shape index (κ1) is 40.8. The second kappa shape index (κ2) is 17.6. The van der Waals surface area contributed by atoms with Crippen molar-refractivity contribution in [1.82, 2.24) is 20.4 Å². The molecule has 1 aromatic carbocycles. The van der Waals surface area contributed by atoms with Crippen molar-refractivity contribution in [2.75, 3.05) is 6.54 Å². The number of hydrogen-bond donors (Lipinski definition) is 3. The largest absolute Gasteiger partial charge is 0.480 e. The number of urea groups is 1. The van der Waals surface area contributed by atoms with Gasteiger partial charge in [0.15, 0.2) is 11.8 Å². The van der Waals surface area contributed by atoms with Gasteiger partial charge in [0.2, 0.25) is 5.91 Å². The van der Waals surface area contributed by atoms with Crippen molar-refractivity contribution < 1.29 is 57.3 Å². The maximum Gasteiger partial charge on any atom is 0.408 e. The quantitative estimate of drug-likeness (QED) is 0.199. The predicted octanol–water partition coefficient (Wildman–Crippen LogP) is 3.11. The summed E-state index contributed by atoms with van der Waals surface area (Å²) in [5, 5.41) is 15.8. The highest BCUT2D eigenvalue weighted by Gasteiger charge is 2.49. The van der Waals surface area contributed by atoms with E-state index in [0.717, 1.165) is 19.4 Å². The third-order valence-corrected chi connectivity index (χ3v) is 8.64. The highest BCUT2D eigenvalue weighted by molar-refractivity contribution is 6.02. The third-order valence-electron chi connectivity index (χ3n) is 8.64. The van der Waals surface area contributed by atoms with Crippen LogP contribution < -0.4 is 10.6 Å². The minimum Gasteiger partial charge on any atom is -0.480 e. The number of Topliss-reactive ketones (excluding diaryl/α,β-unsaturated/α-hetero) is 1. The summed E-state index contributed by atoms with van der Waals surface area (Å²) in [5.74, 6) is -5.11. The monoisotopic (exact) mass is 720 g/mol. The number of carbonyl (C=O) groups is 7. The van der Waals surface area contributed by atoms with Gasteiger partial charge in [0, 0.05) is 26.4 Å². The number of imide groups is 1.